The predicted molar refractivity (Wildman–Crippen MR) is 77.2 cm³/mol. The monoisotopic (exact) mass is 288 g/mol. The Morgan fingerprint density at radius 1 is 1.29 bits per heavy atom. The second-order valence-electron chi connectivity index (χ2n) is 4.36. The van der Waals surface area contributed by atoms with E-state index in [1.807, 2.05) is 0 Å². The van der Waals surface area contributed by atoms with Crippen molar-refractivity contribution in [3.63, 3.8) is 0 Å². The fraction of sp³-hybridized carbons (Fsp3) is 0.214. The van der Waals surface area contributed by atoms with Crippen LogP contribution in [-0.4, -0.2) is 28.0 Å². The van der Waals surface area contributed by atoms with Gasteiger partial charge in [-0.25, -0.2) is 9.78 Å². The molecule has 0 spiro atoms. The summed E-state index contributed by atoms with van der Waals surface area (Å²) in [7, 11) is 0. The Hall–Kier alpha value is -2.83. The van der Waals surface area contributed by atoms with E-state index in [0.29, 0.717) is 17.1 Å². The molecular weight excluding hydrogens is 272 g/mol. The molecule has 0 aliphatic rings. The van der Waals surface area contributed by atoms with Crippen LogP contribution in [0.3, 0.4) is 0 Å². The van der Waals surface area contributed by atoms with Gasteiger partial charge in [0, 0.05) is 11.3 Å². The molecule has 0 radical (unpaired) electrons. The maximum Gasteiger partial charge on any atom is 0.360 e. The first-order chi connectivity index (χ1) is 9.95. The molecule has 2 aromatic rings. The smallest absolute Gasteiger partial charge is 0.360 e. The molecule has 1 aromatic carbocycles. The molecule has 21 heavy (non-hydrogen) atoms. The number of imidazole rings is 1. The average Bonchev–Trinajstić information content (AvgIpc) is 2.74. The minimum atomic E-state index is -0.564. The first-order valence-corrected chi connectivity index (χ1v) is 6.37. The zero-order chi connectivity index (χ0) is 15.6. The number of hydrogen-bond donors (Lipinski definition) is 2. The zero-order valence-corrected chi connectivity index (χ0v) is 11.8. The minimum Gasteiger partial charge on any atom is -0.461 e. The van der Waals surface area contributed by atoms with Crippen LogP contribution in [0.25, 0.3) is 5.69 Å². The number of primary amides is 1. The highest BCUT2D eigenvalue weighted by Gasteiger charge is 2.20. The number of nitrogens with two attached hydrogens (primary N) is 2. The second-order valence-corrected chi connectivity index (χ2v) is 4.36. The summed E-state index contributed by atoms with van der Waals surface area (Å²) in [5.74, 6) is -0.338. The lowest BCUT2D eigenvalue weighted by molar-refractivity contribution is 0.0521. The number of carbonyl (C=O) groups is 2. The van der Waals surface area contributed by atoms with Crippen LogP contribution in [0.4, 0.5) is 5.82 Å². The topological polar surface area (TPSA) is 113 Å². The van der Waals surface area contributed by atoms with Gasteiger partial charge in [-0.3, -0.25) is 9.36 Å². The minimum absolute atomic E-state index is 0.0772. The van der Waals surface area contributed by atoms with E-state index in [9.17, 15) is 9.59 Å². The van der Waals surface area contributed by atoms with E-state index in [0.717, 1.165) is 0 Å². The van der Waals surface area contributed by atoms with Crippen LogP contribution in [0.2, 0.25) is 0 Å². The molecule has 7 nitrogen and oxygen atoms in total. The van der Waals surface area contributed by atoms with Crippen molar-refractivity contribution in [2.75, 3.05) is 12.3 Å². The fourth-order valence-electron chi connectivity index (χ4n) is 2.00. The highest BCUT2D eigenvalue weighted by atomic mass is 16.5. The molecular formula is C14H16N4O3. The van der Waals surface area contributed by atoms with Crippen LogP contribution in [0, 0.1) is 6.92 Å². The summed E-state index contributed by atoms with van der Waals surface area (Å²) in [5, 5.41) is 0. The maximum atomic E-state index is 11.8. The molecule has 110 valence electrons. The first-order valence-electron chi connectivity index (χ1n) is 6.37. The summed E-state index contributed by atoms with van der Waals surface area (Å²) in [6, 6.07) is 6.53. The standard InChI is InChI=1S/C14H16N4O3/c1-3-21-14(20)11-12(15)18(8(2)17-11)10-6-4-9(5-7-10)13(16)19/h4-7H,3,15H2,1-2H3,(H2,16,19). The Morgan fingerprint density at radius 2 is 1.90 bits per heavy atom. The summed E-state index contributed by atoms with van der Waals surface area (Å²) in [4.78, 5) is 27.0. The van der Waals surface area contributed by atoms with Crippen LogP contribution in [0.5, 0.6) is 0 Å². The largest absolute Gasteiger partial charge is 0.461 e. The lowest BCUT2D eigenvalue weighted by atomic mass is 10.2. The molecule has 1 amide bonds. The number of nitrogen functional groups attached to an aromatic ring is 1. The van der Waals surface area contributed by atoms with Crippen molar-refractivity contribution in [2.45, 2.75) is 13.8 Å². The molecule has 0 fully saturated rings. The molecule has 0 aliphatic carbocycles. The van der Waals surface area contributed by atoms with E-state index < -0.39 is 11.9 Å². The predicted octanol–water partition coefficient (Wildman–Crippen LogP) is 1.04. The SMILES string of the molecule is CCOC(=O)c1nc(C)n(-c2ccc(C(N)=O)cc2)c1N. The second kappa shape index (κ2) is 5.66. The maximum absolute atomic E-state index is 11.8. The molecule has 1 aromatic heterocycles. The summed E-state index contributed by atoms with van der Waals surface area (Å²) in [6.45, 7) is 3.68. The van der Waals surface area contributed by atoms with Gasteiger partial charge in [0.1, 0.15) is 11.6 Å². The number of carbonyl (C=O) groups excluding carboxylic acids is 2. The van der Waals surface area contributed by atoms with Gasteiger partial charge in [-0.05, 0) is 38.1 Å². The van der Waals surface area contributed by atoms with Gasteiger partial charge in [0.2, 0.25) is 5.91 Å². The van der Waals surface area contributed by atoms with Crippen LogP contribution < -0.4 is 11.5 Å². The van der Waals surface area contributed by atoms with Gasteiger partial charge in [-0.2, -0.15) is 0 Å². The van der Waals surface area contributed by atoms with Gasteiger partial charge < -0.3 is 16.2 Å². The third kappa shape index (κ3) is 2.71. The first kappa shape index (κ1) is 14.6. The van der Waals surface area contributed by atoms with E-state index in [4.69, 9.17) is 16.2 Å². The molecule has 0 saturated heterocycles. The van der Waals surface area contributed by atoms with E-state index in [2.05, 4.69) is 4.98 Å². The Kier molecular flexibility index (Phi) is 3.93. The zero-order valence-electron chi connectivity index (χ0n) is 11.8. The summed E-state index contributed by atoms with van der Waals surface area (Å²) >= 11 is 0. The van der Waals surface area contributed by atoms with Crippen molar-refractivity contribution in [1.82, 2.24) is 9.55 Å². The van der Waals surface area contributed by atoms with Gasteiger partial charge in [0.25, 0.3) is 0 Å². The number of amides is 1. The Balaban J connectivity index is 2.44. The highest BCUT2D eigenvalue weighted by Crippen LogP contribution is 2.21. The third-order valence-electron chi connectivity index (χ3n) is 2.96. The lowest BCUT2D eigenvalue weighted by Gasteiger charge is -2.08. The molecule has 0 saturated carbocycles. The number of benzene rings is 1. The number of nitrogens with zero attached hydrogens (tertiary/aromatic N) is 2. The number of hydrogen-bond acceptors (Lipinski definition) is 5. The molecule has 1 heterocycles. The van der Waals surface area contributed by atoms with Crippen LogP contribution in [0.1, 0.15) is 33.6 Å². The summed E-state index contributed by atoms with van der Waals surface area (Å²) in [5.41, 5.74) is 12.3. The van der Waals surface area contributed by atoms with E-state index >= 15 is 0 Å². The van der Waals surface area contributed by atoms with Crippen molar-refractivity contribution >= 4 is 17.7 Å². The number of esters is 1. The van der Waals surface area contributed by atoms with E-state index in [-0.39, 0.29) is 18.1 Å². The normalized spacial score (nSPS) is 10.4. The van der Waals surface area contributed by atoms with Crippen LogP contribution in [-0.2, 0) is 4.74 Å². The van der Waals surface area contributed by atoms with Crippen molar-refractivity contribution in [3.05, 3.63) is 41.3 Å². The van der Waals surface area contributed by atoms with Crippen molar-refractivity contribution < 1.29 is 14.3 Å². The molecule has 0 bridgehead atoms. The summed E-state index contributed by atoms with van der Waals surface area (Å²) < 4.78 is 6.52. The van der Waals surface area contributed by atoms with Gasteiger partial charge in [-0.15, -0.1) is 0 Å². The molecule has 0 aliphatic heterocycles. The average molecular weight is 288 g/mol. The van der Waals surface area contributed by atoms with Crippen molar-refractivity contribution in [2.24, 2.45) is 5.73 Å². The van der Waals surface area contributed by atoms with E-state index in [1.54, 1.807) is 42.7 Å². The highest BCUT2D eigenvalue weighted by molar-refractivity contribution is 5.93. The molecule has 0 unspecified atom stereocenters. The van der Waals surface area contributed by atoms with Gasteiger partial charge in [-0.1, -0.05) is 0 Å². The molecule has 2 rings (SSSR count). The number of rotatable bonds is 4. The Labute approximate surface area is 121 Å². The Morgan fingerprint density at radius 3 is 2.43 bits per heavy atom. The number of aromatic nitrogens is 2. The third-order valence-corrected chi connectivity index (χ3v) is 2.96. The lowest BCUT2D eigenvalue weighted by Crippen LogP contribution is -2.11. The Bertz CT molecular complexity index is 689. The van der Waals surface area contributed by atoms with E-state index in [1.165, 1.54) is 0 Å². The van der Waals surface area contributed by atoms with Gasteiger partial charge >= 0.3 is 5.97 Å². The van der Waals surface area contributed by atoms with Crippen LogP contribution >= 0.6 is 0 Å². The number of ether oxygens (including phenoxy) is 1. The van der Waals surface area contributed by atoms with Crippen LogP contribution in [0.15, 0.2) is 24.3 Å². The fourth-order valence-corrected chi connectivity index (χ4v) is 2.00. The molecule has 0 atom stereocenters. The molecule has 7 heteroatoms. The summed E-state index contributed by atoms with van der Waals surface area (Å²) in [6.07, 6.45) is 0. The quantitative estimate of drug-likeness (QED) is 0.816. The number of aryl methyl sites for hydroxylation is 1. The van der Waals surface area contributed by atoms with Gasteiger partial charge in [0.05, 0.1) is 6.61 Å². The van der Waals surface area contributed by atoms with Gasteiger partial charge in [0.15, 0.2) is 5.69 Å². The van der Waals surface area contributed by atoms with Crippen molar-refractivity contribution in [1.29, 1.82) is 0 Å². The molecule has 4 N–H and O–H groups in total. The number of anilines is 1. The van der Waals surface area contributed by atoms with Crippen molar-refractivity contribution in [3.8, 4) is 5.69 Å².